The van der Waals surface area contributed by atoms with Crippen molar-refractivity contribution in [2.75, 3.05) is 18.0 Å². The summed E-state index contributed by atoms with van der Waals surface area (Å²) >= 11 is 0. The van der Waals surface area contributed by atoms with Gasteiger partial charge < -0.3 is 28.9 Å². The number of unbranched alkanes of at least 4 members (excludes halogenated alkanes) is 1. The van der Waals surface area contributed by atoms with Crippen LogP contribution in [0, 0.1) is 0 Å². The molecule has 0 N–H and O–H groups in total. The fourth-order valence-electron chi connectivity index (χ4n) is 4.12. The number of hydrogen-bond acceptors (Lipinski definition) is 1. The molecule has 0 atom stereocenters. The number of benzene rings is 2. The summed E-state index contributed by atoms with van der Waals surface area (Å²) in [5.41, 5.74) is 5.21. The van der Waals surface area contributed by atoms with Gasteiger partial charge in [-0.05, 0) is 55.2 Å². The average molecular weight is 498 g/mol. The SMILES string of the molecule is CCCC[n+]1c(/C=C/c2ccc(N3CCCCC3)cc2)ccc2ccccc21.[I-]. The Kier molecular flexibility index (Phi) is 8.10. The standard InChI is InChI=1S/C26H31N2.HI/c1-2-3-21-28-25(18-14-23-9-5-6-10-26(23)28)17-13-22-11-15-24(16-12-22)27-19-7-4-8-20-27;/h5-6,9-18H,2-4,7-8,19-21H2,1H3;1H/q+1;/p-1. The van der Waals surface area contributed by atoms with Gasteiger partial charge in [0.25, 0.3) is 0 Å². The molecule has 0 amide bonds. The van der Waals surface area contributed by atoms with Gasteiger partial charge in [-0.15, -0.1) is 0 Å². The molecule has 0 bridgehead atoms. The molecule has 0 radical (unpaired) electrons. The van der Waals surface area contributed by atoms with Crippen molar-refractivity contribution in [1.82, 2.24) is 0 Å². The van der Waals surface area contributed by atoms with Crippen molar-refractivity contribution in [1.29, 1.82) is 0 Å². The Hall–Kier alpha value is -1.88. The lowest BCUT2D eigenvalue weighted by molar-refractivity contribution is -0.673. The largest absolute Gasteiger partial charge is 1.00 e. The predicted molar refractivity (Wildman–Crippen MR) is 120 cm³/mol. The van der Waals surface area contributed by atoms with Crippen LogP contribution in [0.1, 0.15) is 50.3 Å². The van der Waals surface area contributed by atoms with Crippen LogP contribution in [-0.4, -0.2) is 13.1 Å². The minimum Gasteiger partial charge on any atom is -1.00 e. The van der Waals surface area contributed by atoms with Crippen molar-refractivity contribution in [2.24, 2.45) is 0 Å². The summed E-state index contributed by atoms with van der Waals surface area (Å²) in [7, 11) is 0. The first-order valence-electron chi connectivity index (χ1n) is 10.8. The molecule has 0 unspecified atom stereocenters. The number of halogens is 1. The molecule has 29 heavy (non-hydrogen) atoms. The molecule has 1 aliphatic rings. The Morgan fingerprint density at radius 3 is 2.38 bits per heavy atom. The summed E-state index contributed by atoms with van der Waals surface area (Å²) in [4.78, 5) is 2.51. The van der Waals surface area contributed by atoms with Crippen LogP contribution in [0.2, 0.25) is 0 Å². The van der Waals surface area contributed by atoms with Crippen LogP contribution in [0.25, 0.3) is 23.1 Å². The van der Waals surface area contributed by atoms with Gasteiger partial charge in [0.05, 0.1) is 0 Å². The highest BCUT2D eigenvalue weighted by Gasteiger charge is 2.13. The minimum absolute atomic E-state index is 0. The molecule has 152 valence electrons. The first-order valence-corrected chi connectivity index (χ1v) is 10.8. The highest BCUT2D eigenvalue weighted by atomic mass is 127. The second kappa shape index (κ2) is 10.8. The van der Waals surface area contributed by atoms with E-state index in [4.69, 9.17) is 0 Å². The first-order chi connectivity index (χ1) is 13.8. The molecule has 3 aromatic rings. The lowest BCUT2D eigenvalue weighted by Gasteiger charge is -2.28. The number of hydrogen-bond donors (Lipinski definition) is 0. The van der Waals surface area contributed by atoms with Crippen molar-refractivity contribution in [3.05, 3.63) is 71.9 Å². The number of fused-ring (bicyclic) bond motifs is 1. The zero-order valence-corrected chi connectivity index (χ0v) is 19.5. The van der Waals surface area contributed by atoms with E-state index < -0.39 is 0 Å². The smallest absolute Gasteiger partial charge is 0.212 e. The van der Waals surface area contributed by atoms with Crippen molar-refractivity contribution in [3.8, 4) is 0 Å². The molecule has 4 rings (SSSR count). The Morgan fingerprint density at radius 1 is 0.862 bits per heavy atom. The zero-order chi connectivity index (χ0) is 19.2. The van der Waals surface area contributed by atoms with Crippen molar-refractivity contribution < 1.29 is 28.5 Å². The van der Waals surface area contributed by atoms with E-state index in [-0.39, 0.29) is 24.0 Å². The van der Waals surface area contributed by atoms with Gasteiger partial charge in [-0.3, -0.25) is 0 Å². The van der Waals surface area contributed by atoms with E-state index in [0.717, 1.165) is 6.54 Å². The molecular formula is C26H31IN2. The molecule has 2 aromatic carbocycles. The van der Waals surface area contributed by atoms with E-state index in [0.29, 0.717) is 0 Å². The van der Waals surface area contributed by atoms with Gasteiger partial charge >= 0.3 is 0 Å². The van der Waals surface area contributed by atoms with Crippen LogP contribution in [0.15, 0.2) is 60.7 Å². The van der Waals surface area contributed by atoms with Gasteiger partial charge in [-0.2, -0.15) is 4.57 Å². The number of aromatic nitrogens is 1. The lowest BCUT2D eigenvalue weighted by atomic mass is 10.1. The van der Waals surface area contributed by atoms with Crippen LogP contribution < -0.4 is 33.4 Å². The second-order valence-electron chi connectivity index (χ2n) is 7.79. The number of para-hydroxylation sites is 1. The summed E-state index contributed by atoms with van der Waals surface area (Å²) < 4.78 is 2.46. The van der Waals surface area contributed by atoms with Crippen LogP contribution in [0.5, 0.6) is 0 Å². The molecule has 3 heteroatoms. The van der Waals surface area contributed by atoms with Gasteiger partial charge in [0.15, 0.2) is 0 Å². The fraction of sp³-hybridized carbons (Fsp3) is 0.346. The van der Waals surface area contributed by atoms with E-state index in [1.807, 2.05) is 0 Å². The van der Waals surface area contributed by atoms with E-state index in [1.54, 1.807) is 0 Å². The summed E-state index contributed by atoms with van der Waals surface area (Å²) in [5, 5.41) is 1.31. The molecule has 0 spiro atoms. The Labute approximate surface area is 192 Å². The molecular weight excluding hydrogens is 467 g/mol. The Balaban J connectivity index is 0.00000240. The van der Waals surface area contributed by atoms with Crippen LogP contribution in [0.4, 0.5) is 5.69 Å². The van der Waals surface area contributed by atoms with Crippen molar-refractivity contribution in [3.63, 3.8) is 0 Å². The quantitative estimate of drug-likeness (QED) is 0.375. The highest BCUT2D eigenvalue weighted by Crippen LogP contribution is 2.21. The van der Waals surface area contributed by atoms with E-state index in [1.165, 1.54) is 73.0 Å². The van der Waals surface area contributed by atoms with Gasteiger partial charge in [0, 0.05) is 48.8 Å². The Bertz CT molecular complexity index is 941. The van der Waals surface area contributed by atoms with E-state index >= 15 is 0 Å². The predicted octanol–water partition coefficient (Wildman–Crippen LogP) is 3.09. The number of pyridine rings is 1. The number of aryl methyl sites for hydroxylation is 1. The van der Waals surface area contributed by atoms with Gasteiger partial charge in [-0.1, -0.05) is 37.6 Å². The van der Waals surface area contributed by atoms with Crippen molar-refractivity contribution >= 4 is 28.7 Å². The third-order valence-corrected chi connectivity index (χ3v) is 5.77. The lowest BCUT2D eigenvalue weighted by Crippen LogP contribution is -3.00. The third-order valence-electron chi connectivity index (χ3n) is 5.77. The third kappa shape index (κ3) is 5.39. The molecule has 2 heterocycles. The van der Waals surface area contributed by atoms with Crippen LogP contribution in [-0.2, 0) is 6.54 Å². The fourth-order valence-corrected chi connectivity index (χ4v) is 4.12. The summed E-state index contributed by atoms with van der Waals surface area (Å²) in [5.74, 6) is 0. The molecule has 1 aliphatic heterocycles. The average Bonchev–Trinajstić information content (AvgIpc) is 2.77. The first kappa shape index (κ1) is 21.8. The monoisotopic (exact) mass is 498 g/mol. The summed E-state index contributed by atoms with van der Waals surface area (Å²) in [6, 6.07) is 22.2. The van der Waals surface area contributed by atoms with Crippen molar-refractivity contribution in [2.45, 2.75) is 45.6 Å². The molecule has 1 aromatic heterocycles. The number of anilines is 1. The topological polar surface area (TPSA) is 7.12 Å². The normalized spacial score (nSPS) is 14.3. The molecule has 2 nitrogen and oxygen atoms in total. The number of rotatable bonds is 6. The maximum absolute atomic E-state index is 2.51. The molecule has 0 saturated carbocycles. The van der Waals surface area contributed by atoms with E-state index in [9.17, 15) is 0 Å². The zero-order valence-electron chi connectivity index (χ0n) is 17.4. The summed E-state index contributed by atoms with van der Waals surface area (Å²) in [6.45, 7) is 5.71. The maximum Gasteiger partial charge on any atom is 0.212 e. The number of nitrogens with zero attached hydrogens (tertiary/aromatic N) is 2. The molecule has 0 aliphatic carbocycles. The highest BCUT2D eigenvalue weighted by molar-refractivity contribution is 5.77. The molecule has 1 fully saturated rings. The van der Waals surface area contributed by atoms with Crippen LogP contribution in [0.3, 0.4) is 0 Å². The maximum atomic E-state index is 2.51. The van der Waals surface area contributed by atoms with E-state index in [2.05, 4.69) is 89.2 Å². The molecule has 1 saturated heterocycles. The number of piperidine rings is 1. The van der Waals surface area contributed by atoms with Crippen LogP contribution >= 0.6 is 0 Å². The Morgan fingerprint density at radius 2 is 1.62 bits per heavy atom. The minimum atomic E-state index is 0. The second-order valence-corrected chi connectivity index (χ2v) is 7.79. The summed E-state index contributed by atoms with van der Waals surface area (Å²) in [6.07, 6.45) is 10.9. The van der Waals surface area contributed by atoms with Gasteiger partial charge in [0.1, 0.15) is 6.54 Å². The van der Waals surface area contributed by atoms with Gasteiger partial charge in [-0.25, -0.2) is 0 Å². The van der Waals surface area contributed by atoms with Gasteiger partial charge in [0.2, 0.25) is 11.2 Å².